The van der Waals surface area contributed by atoms with Crippen LogP contribution in [0.25, 0.3) is 0 Å². The van der Waals surface area contributed by atoms with Crippen molar-refractivity contribution >= 4 is 5.91 Å². The molecule has 152 valence electrons. The first-order chi connectivity index (χ1) is 14.1. The van der Waals surface area contributed by atoms with Crippen molar-refractivity contribution in [2.75, 3.05) is 19.6 Å². The Balaban J connectivity index is 1.30. The molecule has 1 heterocycles. The van der Waals surface area contributed by atoms with Crippen molar-refractivity contribution in [3.8, 4) is 0 Å². The van der Waals surface area contributed by atoms with Gasteiger partial charge in [-0.3, -0.25) is 9.69 Å². The quantitative estimate of drug-likeness (QED) is 0.680. The number of hydrogen-bond donors (Lipinski definition) is 2. The van der Waals surface area contributed by atoms with E-state index in [1.807, 2.05) is 49.4 Å². The number of carbonyl (C=O) groups excluding carboxylic acids is 1. The molecule has 4 nitrogen and oxygen atoms in total. The van der Waals surface area contributed by atoms with E-state index in [2.05, 4.69) is 40.5 Å². The maximum atomic E-state index is 12.9. The Morgan fingerprint density at radius 3 is 2.34 bits per heavy atom. The highest BCUT2D eigenvalue weighted by molar-refractivity contribution is 5.86. The van der Waals surface area contributed by atoms with Crippen LogP contribution < -0.4 is 5.32 Å². The SMILES string of the molecule is CC=CCC(O)(C(=O)NCC1C2CN(Cc3ccccc3)CC12)c1ccccc1. The summed E-state index contributed by atoms with van der Waals surface area (Å²) in [6.45, 7) is 5.75. The predicted octanol–water partition coefficient (Wildman–Crippen LogP) is 3.33. The summed E-state index contributed by atoms with van der Waals surface area (Å²) >= 11 is 0. The Kier molecular flexibility index (Phi) is 5.84. The number of nitrogens with zero attached hydrogens (tertiary/aromatic N) is 1. The number of allylic oxidation sites excluding steroid dienone is 1. The number of amides is 1. The molecule has 2 aliphatic rings. The molecule has 1 amide bonds. The molecule has 1 saturated carbocycles. The second-order valence-corrected chi connectivity index (χ2v) is 8.38. The molecule has 0 spiro atoms. The van der Waals surface area contributed by atoms with E-state index < -0.39 is 5.60 Å². The molecule has 4 heteroatoms. The van der Waals surface area contributed by atoms with Gasteiger partial charge in [0, 0.05) is 32.6 Å². The van der Waals surface area contributed by atoms with Crippen LogP contribution in [0.4, 0.5) is 0 Å². The normalized spacial score (nSPS) is 25.5. The topological polar surface area (TPSA) is 52.6 Å². The Morgan fingerprint density at radius 2 is 1.72 bits per heavy atom. The minimum atomic E-state index is -1.52. The first-order valence-corrected chi connectivity index (χ1v) is 10.6. The summed E-state index contributed by atoms with van der Waals surface area (Å²) in [4.78, 5) is 15.4. The summed E-state index contributed by atoms with van der Waals surface area (Å²) in [5.74, 6) is 1.57. The number of fused-ring (bicyclic) bond motifs is 1. The van der Waals surface area contributed by atoms with Gasteiger partial charge < -0.3 is 10.4 Å². The minimum Gasteiger partial charge on any atom is -0.375 e. The molecule has 2 aromatic rings. The Labute approximate surface area is 173 Å². The number of carbonyl (C=O) groups is 1. The van der Waals surface area contributed by atoms with Crippen LogP contribution in [0.15, 0.2) is 72.8 Å². The van der Waals surface area contributed by atoms with Crippen LogP contribution in [0.2, 0.25) is 0 Å². The smallest absolute Gasteiger partial charge is 0.256 e. The fourth-order valence-electron chi connectivity index (χ4n) is 4.71. The van der Waals surface area contributed by atoms with Crippen LogP contribution in [0.5, 0.6) is 0 Å². The zero-order chi connectivity index (χ0) is 20.3. The van der Waals surface area contributed by atoms with Gasteiger partial charge in [0.2, 0.25) is 0 Å². The second kappa shape index (κ2) is 8.52. The molecule has 29 heavy (non-hydrogen) atoms. The minimum absolute atomic E-state index is 0.279. The van der Waals surface area contributed by atoms with Gasteiger partial charge in [-0.15, -0.1) is 0 Å². The van der Waals surface area contributed by atoms with Crippen LogP contribution in [-0.4, -0.2) is 35.5 Å². The van der Waals surface area contributed by atoms with Crippen molar-refractivity contribution in [2.24, 2.45) is 17.8 Å². The van der Waals surface area contributed by atoms with Gasteiger partial charge in [0.25, 0.3) is 5.91 Å². The van der Waals surface area contributed by atoms with E-state index in [1.165, 1.54) is 5.56 Å². The van der Waals surface area contributed by atoms with Crippen molar-refractivity contribution in [2.45, 2.75) is 25.5 Å². The van der Waals surface area contributed by atoms with Crippen LogP contribution >= 0.6 is 0 Å². The predicted molar refractivity (Wildman–Crippen MR) is 115 cm³/mol. The zero-order valence-electron chi connectivity index (χ0n) is 17.0. The Morgan fingerprint density at radius 1 is 1.10 bits per heavy atom. The molecule has 2 aromatic carbocycles. The van der Waals surface area contributed by atoms with Gasteiger partial charge in [0.05, 0.1) is 0 Å². The third-order valence-corrected chi connectivity index (χ3v) is 6.47. The summed E-state index contributed by atoms with van der Waals surface area (Å²) in [6.07, 6.45) is 4.00. The van der Waals surface area contributed by atoms with Gasteiger partial charge in [0.15, 0.2) is 5.60 Å². The van der Waals surface area contributed by atoms with Gasteiger partial charge in [-0.25, -0.2) is 0 Å². The van der Waals surface area contributed by atoms with E-state index in [-0.39, 0.29) is 12.3 Å². The number of nitrogens with one attached hydrogen (secondary N) is 1. The number of aliphatic hydroxyl groups is 1. The molecular weight excluding hydrogens is 360 g/mol. The largest absolute Gasteiger partial charge is 0.375 e. The van der Waals surface area contributed by atoms with Crippen molar-refractivity contribution < 1.29 is 9.90 Å². The van der Waals surface area contributed by atoms with E-state index in [1.54, 1.807) is 0 Å². The molecule has 0 aromatic heterocycles. The van der Waals surface area contributed by atoms with E-state index in [4.69, 9.17) is 0 Å². The lowest BCUT2D eigenvalue weighted by Gasteiger charge is -2.27. The molecular formula is C25H30N2O2. The molecule has 3 atom stereocenters. The summed E-state index contributed by atoms with van der Waals surface area (Å²) in [5.41, 5.74) is 0.480. The number of piperidine rings is 1. The Hall–Kier alpha value is -2.43. The lowest BCUT2D eigenvalue weighted by Crippen LogP contribution is -2.45. The number of hydrogen-bond acceptors (Lipinski definition) is 3. The molecule has 4 rings (SSSR count). The summed E-state index contributed by atoms with van der Waals surface area (Å²) in [6, 6.07) is 19.8. The van der Waals surface area contributed by atoms with Crippen LogP contribution in [0.3, 0.4) is 0 Å². The van der Waals surface area contributed by atoms with Gasteiger partial charge in [-0.05, 0) is 35.8 Å². The fraction of sp³-hybridized carbons (Fsp3) is 0.400. The third kappa shape index (κ3) is 4.29. The molecule has 0 bridgehead atoms. The number of likely N-dealkylation sites (tertiary alicyclic amines) is 1. The van der Waals surface area contributed by atoms with Crippen molar-refractivity contribution in [3.05, 3.63) is 83.9 Å². The maximum absolute atomic E-state index is 12.9. The average molecular weight is 391 g/mol. The maximum Gasteiger partial charge on any atom is 0.256 e. The summed E-state index contributed by atoms with van der Waals surface area (Å²) in [5, 5.41) is 14.2. The molecule has 1 saturated heterocycles. The molecule has 1 aliphatic carbocycles. The lowest BCUT2D eigenvalue weighted by molar-refractivity contribution is -0.140. The zero-order valence-corrected chi connectivity index (χ0v) is 17.0. The number of rotatable bonds is 8. The highest BCUT2D eigenvalue weighted by Gasteiger charge is 2.55. The monoisotopic (exact) mass is 390 g/mol. The second-order valence-electron chi connectivity index (χ2n) is 8.38. The first-order valence-electron chi connectivity index (χ1n) is 10.6. The van der Waals surface area contributed by atoms with Crippen LogP contribution in [-0.2, 0) is 16.9 Å². The van der Waals surface area contributed by atoms with Gasteiger partial charge in [0.1, 0.15) is 0 Å². The average Bonchev–Trinajstić information content (AvgIpc) is 3.22. The summed E-state index contributed by atoms with van der Waals surface area (Å²) < 4.78 is 0. The molecule has 3 unspecified atom stereocenters. The van der Waals surface area contributed by atoms with E-state index in [0.717, 1.165) is 19.6 Å². The molecule has 0 radical (unpaired) electrons. The van der Waals surface area contributed by atoms with Gasteiger partial charge in [-0.1, -0.05) is 72.8 Å². The van der Waals surface area contributed by atoms with Crippen molar-refractivity contribution in [1.29, 1.82) is 0 Å². The van der Waals surface area contributed by atoms with Crippen molar-refractivity contribution in [3.63, 3.8) is 0 Å². The Bertz CT molecular complexity index is 840. The molecule has 1 aliphatic heterocycles. The van der Waals surface area contributed by atoms with Crippen LogP contribution in [0.1, 0.15) is 24.5 Å². The van der Waals surface area contributed by atoms with E-state index >= 15 is 0 Å². The fourth-order valence-corrected chi connectivity index (χ4v) is 4.71. The number of benzene rings is 2. The molecule has 2 N–H and O–H groups in total. The lowest BCUT2D eigenvalue weighted by atomic mass is 9.89. The van der Waals surface area contributed by atoms with E-state index in [0.29, 0.717) is 29.9 Å². The summed E-state index contributed by atoms with van der Waals surface area (Å²) in [7, 11) is 0. The van der Waals surface area contributed by atoms with Gasteiger partial charge >= 0.3 is 0 Å². The third-order valence-electron chi connectivity index (χ3n) is 6.47. The highest BCUT2D eigenvalue weighted by Crippen LogP contribution is 2.51. The van der Waals surface area contributed by atoms with Crippen LogP contribution in [0, 0.1) is 17.8 Å². The van der Waals surface area contributed by atoms with Gasteiger partial charge in [-0.2, -0.15) is 0 Å². The van der Waals surface area contributed by atoms with E-state index in [9.17, 15) is 9.90 Å². The first kappa shape index (κ1) is 19.9. The van der Waals surface area contributed by atoms with Crippen molar-refractivity contribution in [1.82, 2.24) is 10.2 Å². The standard InChI is InChI=1S/C25H30N2O2/c1-2-3-14-25(29,20-12-8-5-9-13-20)24(28)26-15-21-22-17-27(18-23(21)22)16-19-10-6-4-7-11-19/h2-13,21-23,29H,14-18H2,1H3,(H,26,28). The highest BCUT2D eigenvalue weighted by atomic mass is 16.3. The molecule has 2 fully saturated rings.